The lowest BCUT2D eigenvalue weighted by Gasteiger charge is -2.64. The van der Waals surface area contributed by atoms with E-state index in [-0.39, 0.29) is 22.7 Å². The molecule has 0 aromatic heterocycles. The molecule has 0 heterocycles. The zero-order valence-corrected chi connectivity index (χ0v) is 15.2. The Kier molecular flexibility index (Phi) is 4.89. The summed E-state index contributed by atoms with van der Waals surface area (Å²) >= 11 is 0. The molecule has 2 fully saturated rings. The minimum absolute atomic E-state index is 0.0130. The summed E-state index contributed by atoms with van der Waals surface area (Å²) in [5.74, 6) is -0.0874. The van der Waals surface area contributed by atoms with Crippen LogP contribution < -0.4 is 0 Å². The molecule has 0 aliphatic heterocycles. The van der Waals surface area contributed by atoms with Crippen LogP contribution in [-0.4, -0.2) is 33.1 Å². The summed E-state index contributed by atoms with van der Waals surface area (Å²) in [7, 11) is 0. The van der Waals surface area contributed by atoms with Crippen LogP contribution in [-0.2, 0) is 0 Å². The molecular weight excluding hydrogens is 288 g/mol. The molecule has 6 atom stereocenters. The van der Waals surface area contributed by atoms with Gasteiger partial charge in [0.05, 0.1) is 11.7 Å². The predicted octanol–water partition coefficient (Wildman–Crippen LogP) is 3.44. The van der Waals surface area contributed by atoms with Crippen molar-refractivity contribution in [2.24, 2.45) is 22.7 Å². The second-order valence-electron chi connectivity index (χ2n) is 8.94. The van der Waals surface area contributed by atoms with Crippen molar-refractivity contribution in [3.8, 4) is 0 Å². The van der Waals surface area contributed by atoms with Gasteiger partial charge in [0.1, 0.15) is 6.10 Å². The van der Waals surface area contributed by atoms with Crippen LogP contribution in [0.5, 0.6) is 0 Å². The summed E-state index contributed by atoms with van der Waals surface area (Å²) < 4.78 is 0. The Bertz CT molecular complexity index is 479. The fourth-order valence-electron chi connectivity index (χ4n) is 5.83. The number of aliphatic hydroxyl groups excluding tert-OH is 2. The summed E-state index contributed by atoms with van der Waals surface area (Å²) in [4.78, 5) is 0. The van der Waals surface area contributed by atoms with Crippen LogP contribution in [0.25, 0.3) is 0 Å². The molecule has 2 aliphatic rings. The SMILES string of the molecule is C=CC(=C)CC[C@@H]1[C@@](C)(O)[C@H](O)[C@@H](O)[C@@H]2C(C)(C)CCC[C@]21C. The molecule has 0 aromatic carbocycles. The van der Waals surface area contributed by atoms with Crippen LogP contribution in [0.15, 0.2) is 24.8 Å². The van der Waals surface area contributed by atoms with Crippen LogP contribution >= 0.6 is 0 Å². The van der Waals surface area contributed by atoms with Gasteiger partial charge in [-0.05, 0) is 55.3 Å². The molecule has 0 saturated heterocycles. The quantitative estimate of drug-likeness (QED) is 0.695. The average molecular weight is 322 g/mol. The first kappa shape index (κ1) is 18.7. The smallest absolute Gasteiger partial charge is 0.109 e. The summed E-state index contributed by atoms with van der Waals surface area (Å²) in [6, 6.07) is 0. The molecule has 0 spiro atoms. The Morgan fingerprint density at radius 2 is 1.78 bits per heavy atom. The molecule has 23 heavy (non-hydrogen) atoms. The number of allylic oxidation sites excluding steroid dienone is 2. The molecule has 0 bridgehead atoms. The maximum Gasteiger partial charge on any atom is 0.109 e. The molecule has 0 unspecified atom stereocenters. The number of hydrogen-bond acceptors (Lipinski definition) is 3. The van der Waals surface area contributed by atoms with Gasteiger partial charge in [-0.25, -0.2) is 0 Å². The number of hydrogen-bond donors (Lipinski definition) is 3. The van der Waals surface area contributed by atoms with Crippen LogP contribution in [0.1, 0.15) is 59.8 Å². The molecule has 3 heteroatoms. The molecule has 0 amide bonds. The van der Waals surface area contributed by atoms with Gasteiger partial charge < -0.3 is 15.3 Å². The van der Waals surface area contributed by atoms with Gasteiger partial charge in [0, 0.05) is 0 Å². The van der Waals surface area contributed by atoms with E-state index in [9.17, 15) is 15.3 Å². The fourth-order valence-corrected chi connectivity index (χ4v) is 5.83. The van der Waals surface area contributed by atoms with Crippen LogP contribution in [0.2, 0.25) is 0 Å². The molecule has 0 radical (unpaired) electrons. The first-order valence-corrected chi connectivity index (χ1v) is 8.87. The molecule has 3 nitrogen and oxygen atoms in total. The van der Waals surface area contributed by atoms with Gasteiger partial charge >= 0.3 is 0 Å². The zero-order valence-electron chi connectivity index (χ0n) is 15.2. The Morgan fingerprint density at radius 3 is 2.35 bits per heavy atom. The molecule has 2 aliphatic carbocycles. The molecule has 132 valence electrons. The topological polar surface area (TPSA) is 60.7 Å². The Hall–Kier alpha value is -0.640. The summed E-state index contributed by atoms with van der Waals surface area (Å²) in [6.45, 7) is 16.0. The average Bonchev–Trinajstić information content (AvgIpc) is 2.43. The van der Waals surface area contributed by atoms with E-state index in [1.165, 1.54) is 0 Å². The van der Waals surface area contributed by atoms with Crippen LogP contribution in [0, 0.1) is 22.7 Å². The minimum atomic E-state index is -1.29. The van der Waals surface area contributed by atoms with E-state index in [4.69, 9.17) is 0 Å². The lowest BCUT2D eigenvalue weighted by molar-refractivity contribution is -0.267. The Labute approximate surface area is 141 Å². The van der Waals surface area contributed by atoms with Crippen molar-refractivity contribution < 1.29 is 15.3 Å². The van der Waals surface area contributed by atoms with Crippen LogP contribution in [0.4, 0.5) is 0 Å². The standard InChI is InChI=1S/C20H34O3/c1-7-13(2)9-10-14-19(5)12-8-11-18(3,4)16(19)15(21)17(22)20(14,6)23/h7,14-17,21-23H,1-2,8-12H2,3-6H3/t14-,15-,16+,17+,19-,20+/m0/s1. The molecule has 2 rings (SSSR count). The van der Waals surface area contributed by atoms with Gasteiger partial charge in [-0.15, -0.1) is 0 Å². The normalized spacial score (nSPS) is 46.0. The van der Waals surface area contributed by atoms with Crippen molar-refractivity contribution in [2.45, 2.75) is 77.6 Å². The third-order valence-electron chi connectivity index (χ3n) is 6.90. The third-order valence-corrected chi connectivity index (χ3v) is 6.90. The number of fused-ring (bicyclic) bond motifs is 1. The van der Waals surface area contributed by atoms with E-state index in [0.717, 1.165) is 37.7 Å². The lowest BCUT2D eigenvalue weighted by Crippen LogP contribution is -2.69. The second-order valence-corrected chi connectivity index (χ2v) is 8.94. The van der Waals surface area contributed by atoms with Gasteiger partial charge in [-0.2, -0.15) is 0 Å². The molecule has 2 saturated carbocycles. The number of aliphatic hydroxyl groups is 3. The predicted molar refractivity (Wildman–Crippen MR) is 93.9 cm³/mol. The van der Waals surface area contributed by atoms with E-state index in [0.29, 0.717) is 0 Å². The third kappa shape index (κ3) is 2.92. The van der Waals surface area contributed by atoms with E-state index in [2.05, 4.69) is 33.9 Å². The first-order valence-electron chi connectivity index (χ1n) is 8.87. The second kappa shape index (κ2) is 6.02. The largest absolute Gasteiger partial charge is 0.390 e. The molecular formula is C20H34O3. The van der Waals surface area contributed by atoms with Crippen LogP contribution in [0.3, 0.4) is 0 Å². The highest BCUT2D eigenvalue weighted by atomic mass is 16.4. The van der Waals surface area contributed by atoms with Gasteiger partial charge in [0.15, 0.2) is 0 Å². The highest BCUT2D eigenvalue weighted by Crippen LogP contribution is 2.63. The maximum absolute atomic E-state index is 11.1. The molecule has 0 aromatic rings. The van der Waals surface area contributed by atoms with Gasteiger partial charge in [-0.1, -0.05) is 52.0 Å². The summed E-state index contributed by atoms with van der Waals surface area (Å²) in [6.07, 6.45) is 4.40. The van der Waals surface area contributed by atoms with Gasteiger partial charge in [0.2, 0.25) is 0 Å². The molecule has 3 N–H and O–H groups in total. The van der Waals surface area contributed by atoms with Crippen molar-refractivity contribution in [2.75, 3.05) is 0 Å². The fraction of sp³-hybridized carbons (Fsp3) is 0.800. The van der Waals surface area contributed by atoms with Crippen molar-refractivity contribution in [1.29, 1.82) is 0 Å². The van der Waals surface area contributed by atoms with Gasteiger partial charge in [-0.3, -0.25) is 0 Å². The highest BCUT2D eigenvalue weighted by Gasteiger charge is 2.64. The van der Waals surface area contributed by atoms with E-state index in [1.807, 2.05) is 0 Å². The van der Waals surface area contributed by atoms with Gasteiger partial charge in [0.25, 0.3) is 0 Å². The Morgan fingerprint density at radius 1 is 1.17 bits per heavy atom. The Balaban J connectivity index is 2.43. The highest BCUT2D eigenvalue weighted by molar-refractivity contribution is 5.16. The monoisotopic (exact) mass is 322 g/mol. The van der Waals surface area contributed by atoms with E-state index >= 15 is 0 Å². The zero-order chi connectivity index (χ0) is 17.6. The van der Waals surface area contributed by atoms with Crippen molar-refractivity contribution in [3.05, 3.63) is 24.8 Å². The first-order chi connectivity index (χ1) is 10.5. The van der Waals surface area contributed by atoms with Crippen molar-refractivity contribution in [1.82, 2.24) is 0 Å². The van der Waals surface area contributed by atoms with Crippen molar-refractivity contribution in [3.63, 3.8) is 0 Å². The van der Waals surface area contributed by atoms with Crippen molar-refractivity contribution >= 4 is 0 Å². The van der Waals surface area contributed by atoms with E-state index in [1.54, 1.807) is 13.0 Å². The maximum atomic E-state index is 11.1. The minimum Gasteiger partial charge on any atom is -0.390 e. The van der Waals surface area contributed by atoms with E-state index < -0.39 is 17.8 Å². The summed E-state index contributed by atoms with van der Waals surface area (Å²) in [5, 5.41) is 32.5. The number of rotatable bonds is 4. The summed E-state index contributed by atoms with van der Waals surface area (Å²) in [5.41, 5.74) is -0.570. The lowest BCUT2D eigenvalue weighted by atomic mass is 9.43.